The van der Waals surface area contributed by atoms with E-state index < -0.39 is 24.3 Å². The van der Waals surface area contributed by atoms with Crippen LogP contribution in [0.15, 0.2) is 72.8 Å². The van der Waals surface area contributed by atoms with Gasteiger partial charge in [-0.05, 0) is 27.8 Å². The number of alkyl halides is 3. The molecular formula is C22H19F3O2. The zero-order chi connectivity index (χ0) is 19.1. The lowest BCUT2D eigenvalue weighted by Crippen LogP contribution is -2.53. The largest absolute Gasteiger partial charge is 0.443 e. The van der Waals surface area contributed by atoms with E-state index in [2.05, 4.69) is 0 Å². The maximum atomic E-state index is 13.4. The molecule has 0 bridgehead atoms. The molecule has 4 rings (SSSR count). The van der Waals surface area contributed by atoms with E-state index in [1.165, 1.54) is 0 Å². The quantitative estimate of drug-likeness (QED) is 0.655. The average Bonchev–Trinajstić information content (AvgIpc) is 2.67. The highest BCUT2D eigenvalue weighted by atomic mass is 19.4. The molecule has 0 aliphatic carbocycles. The van der Waals surface area contributed by atoms with Crippen molar-refractivity contribution in [3.8, 4) is 0 Å². The van der Waals surface area contributed by atoms with Crippen LogP contribution >= 0.6 is 0 Å². The van der Waals surface area contributed by atoms with E-state index in [1.807, 2.05) is 48.5 Å². The van der Waals surface area contributed by atoms with Crippen LogP contribution in [0.3, 0.4) is 0 Å². The van der Waals surface area contributed by atoms with E-state index in [4.69, 9.17) is 4.74 Å². The second kappa shape index (κ2) is 6.66. The Balaban J connectivity index is 1.76. The first-order chi connectivity index (χ1) is 12.9. The molecule has 5 heteroatoms. The monoisotopic (exact) mass is 372 g/mol. The van der Waals surface area contributed by atoms with E-state index in [-0.39, 0.29) is 12.5 Å². The van der Waals surface area contributed by atoms with Crippen LogP contribution in [0.5, 0.6) is 0 Å². The highest BCUT2D eigenvalue weighted by Gasteiger charge is 2.59. The van der Waals surface area contributed by atoms with Crippen molar-refractivity contribution in [2.75, 3.05) is 6.61 Å². The minimum Gasteiger partial charge on any atom is -0.358 e. The van der Waals surface area contributed by atoms with E-state index in [0.29, 0.717) is 0 Å². The summed E-state index contributed by atoms with van der Waals surface area (Å²) < 4.78 is 45.1. The Labute approximate surface area is 155 Å². The number of hydrogen-bond acceptors (Lipinski definition) is 2. The fourth-order valence-corrected chi connectivity index (χ4v) is 3.86. The maximum absolute atomic E-state index is 13.4. The molecule has 3 aromatic rings. The summed E-state index contributed by atoms with van der Waals surface area (Å²) in [4.78, 5) is 0. The number of hydrogen-bond donors (Lipinski definition) is 1. The van der Waals surface area contributed by atoms with Crippen molar-refractivity contribution in [2.24, 2.45) is 0 Å². The molecule has 0 spiro atoms. The van der Waals surface area contributed by atoms with Gasteiger partial charge in [0.15, 0.2) is 0 Å². The van der Waals surface area contributed by atoms with Gasteiger partial charge in [-0.15, -0.1) is 0 Å². The number of rotatable bonds is 2. The van der Waals surface area contributed by atoms with E-state index in [1.54, 1.807) is 24.3 Å². The summed E-state index contributed by atoms with van der Waals surface area (Å²) in [7, 11) is 0. The first-order valence-corrected chi connectivity index (χ1v) is 8.84. The molecule has 0 saturated carbocycles. The van der Waals surface area contributed by atoms with Crippen LogP contribution in [0, 0.1) is 0 Å². The van der Waals surface area contributed by atoms with Gasteiger partial charge >= 0.3 is 6.18 Å². The van der Waals surface area contributed by atoms with Crippen molar-refractivity contribution >= 4 is 10.8 Å². The van der Waals surface area contributed by atoms with Crippen molar-refractivity contribution in [3.63, 3.8) is 0 Å². The molecule has 1 fully saturated rings. The predicted molar refractivity (Wildman–Crippen MR) is 97.4 cm³/mol. The summed E-state index contributed by atoms with van der Waals surface area (Å²) in [6.07, 6.45) is -5.37. The zero-order valence-corrected chi connectivity index (χ0v) is 14.5. The van der Waals surface area contributed by atoms with Crippen LogP contribution in [-0.2, 0) is 4.74 Å². The summed E-state index contributed by atoms with van der Waals surface area (Å²) in [6.45, 7) is -0.200. The van der Waals surface area contributed by atoms with E-state index in [9.17, 15) is 18.3 Å². The van der Waals surface area contributed by atoms with Crippen molar-refractivity contribution in [3.05, 3.63) is 83.9 Å². The Kier molecular flexibility index (Phi) is 4.44. The number of fused-ring (bicyclic) bond motifs is 1. The Morgan fingerprint density at radius 3 is 2.19 bits per heavy atom. The van der Waals surface area contributed by atoms with Gasteiger partial charge in [0.2, 0.25) is 0 Å². The molecule has 0 amide bonds. The Hall–Kier alpha value is -2.37. The van der Waals surface area contributed by atoms with Crippen LogP contribution in [0.2, 0.25) is 0 Å². The predicted octanol–water partition coefficient (Wildman–Crippen LogP) is 5.38. The summed E-state index contributed by atoms with van der Waals surface area (Å²) in [5, 5.41) is 12.2. The third-order valence-electron chi connectivity index (χ3n) is 5.36. The molecule has 1 saturated heterocycles. The van der Waals surface area contributed by atoms with Crippen LogP contribution in [-0.4, -0.2) is 23.7 Å². The lowest BCUT2D eigenvalue weighted by atomic mass is 9.75. The van der Waals surface area contributed by atoms with Crippen LogP contribution < -0.4 is 0 Å². The SMILES string of the molecule is O[C@]1(C(F)(F)F)C[C@@H](c2ccccc2)[C@H](c2ccc3ccccc3c2)CO1. The molecule has 1 aliphatic rings. The summed E-state index contributed by atoms with van der Waals surface area (Å²) in [6, 6.07) is 22.8. The van der Waals surface area contributed by atoms with Gasteiger partial charge in [-0.2, -0.15) is 13.2 Å². The molecule has 3 aromatic carbocycles. The number of benzene rings is 3. The molecule has 1 aliphatic heterocycles. The Morgan fingerprint density at radius 2 is 1.48 bits per heavy atom. The molecule has 1 heterocycles. The maximum Gasteiger partial charge on any atom is 0.443 e. The summed E-state index contributed by atoms with van der Waals surface area (Å²) in [5.74, 6) is -3.91. The molecule has 27 heavy (non-hydrogen) atoms. The average molecular weight is 372 g/mol. The fraction of sp³-hybridized carbons (Fsp3) is 0.273. The van der Waals surface area contributed by atoms with Crippen molar-refractivity contribution < 1.29 is 23.0 Å². The van der Waals surface area contributed by atoms with Crippen LogP contribution in [0.25, 0.3) is 10.8 Å². The second-order valence-corrected chi connectivity index (χ2v) is 7.03. The van der Waals surface area contributed by atoms with Gasteiger partial charge in [0.05, 0.1) is 6.61 Å². The molecule has 0 unspecified atom stereocenters. The number of halogens is 3. The van der Waals surface area contributed by atoms with Crippen LogP contribution in [0.4, 0.5) is 13.2 Å². The van der Waals surface area contributed by atoms with Gasteiger partial charge in [-0.3, -0.25) is 0 Å². The van der Waals surface area contributed by atoms with Gasteiger partial charge in [0, 0.05) is 12.3 Å². The molecule has 1 N–H and O–H groups in total. The van der Waals surface area contributed by atoms with Gasteiger partial charge in [-0.25, -0.2) is 0 Å². The van der Waals surface area contributed by atoms with Crippen LogP contribution in [0.1, 0.15) is 29.4 Å². The highest BCUT2D eigenvalue weighted by molar-refractivity contribution is 5.83. The van der Waals surface area contributed by atoms with Crippen molar-refractivity contribution in [1.82, 2.24) is 0 Å². The second-order valence-electron chi connectivity index (χ2n) is 7.03. The molecule has 0 radical (unpaired) electrons. The third kappa shape index (κ3) is 3.33. The standard InChI is InChI=1S/C22H19F3O2/c23-22(24,25)21(26)13-19(16-7-2-1-3-8-16)20(14-27-21)18-11-10-15-6-4-5-9-17(15)12-18/h1-12,19-20,26H,13-14H2/t19-,20-,21+/m0/s1. The zero-order valence-electron chi connectivity index (χ0n) is 14.5. The van der Waals surface area contributed by atoms with Crippen molar-refractivity contribution in [2.45, 2.75) is 30.2 Å². The normalized spacial score (nSPS) is 26.2. The Bertz CT molecular complexity index is 939. The fourth-order valence-electron chi connectivity index (χ4n) is 3.86. The molecule has 0 aromatic heterocycles. The summed E-state index contributed by atoms with van der Waals surface area (Å²) in [5.41, 5.74) is 1.67. The summed E-state index contributed by atoms with van der Waals surface area (Å²) >= 11 is 0. The lowest BCUT2D eigenvalue weighted by molar-refractivity contribution is -0.380. The third-order valence-corrected chi connectivity index (χ3v) is 5.36. The topological polar surface area (TPSA) is 29.5 Å². The molecule has 140 valence electrons. The van der Waals surface area contributed by atoms with E-state index in [0.717, 1.165) is 21.9 Å². The lowest BCUT2D eigenvalue weighted by Gasteiger charge is -2.42. The first kappa shape index (κ1) is 18.0. The van der Waals surface area contributed by atoms with Gasteiger partial charge in [-0.1, -0.05) is 72.8 Å². The molecule has 2 nitrogen and oxygen atoms in total. The number of aliphatic hydroxyl groups is 1. The molecule has 3 atom stereocenters. The molecular weight excluding hydrogens is 353 g/mol. The first-order valence-electron chi connectivity index (χ1n) is 8.84. The minimum absolute atomic E-state index is 0.200. The smallest absolute Gasteiger partial charge is 0.358 e. The van der Waals surface area contributed by atoms with Gasteiger partial charge in [0.1, 0.15) is 0 Å². The van der Waals surface area contributed by atoms with Gasteiger partial charge in [0.25, 0.3) is 5.79 Å². The van der Waals surface area contributed by atoms with Crippen molar-refractivity contribution in [1.29, 1.82) is 0 Å². The minimum atomic E-state index is -4.84. The highest BCUT2D eigenvalue weighted by Crippen LogP contribution is 2.49. The Morgan fingerprint density at radius 1 is 0.815 bits per heavy atom. The van der Waals surface area contributed by atoms with Gasteiger partial charge < -0.3 is 9.84 Å². The van der Waals surface area contributed by atoms with E-state index >= 15 is 0 Å². The number of ether oxygens (including phenoxy) is 1.